The van der Waals surface area contributed by atoms with Crippen LogP contribution < -0.4 is 10.1 Å². The molecule has 0 radical (unpaired) electrons. The maximum Gasteiger partial charge on any atom is 0.313 e. The molecular formula is C15H21NO4. The number of para-hydroxylation sites is 1. The van der Waals surface area contributed by atoms with Crippen LogP contribution in [-0.4, -0.2) is 45.0 Å². The second kappa shape index (κ2) is 7.87. The van der Waals surface area contributed by atoms with Gasteiger partial charge in [-0.15, -0.1) is 0 Å². The van der Waals surface area contributed by atoms with Gasteiger partial charge in [0, 0.05) is 6.04 Å². The van der Waals surface area contributed by atoms with Crippen molar-refractivity contribution in [2.24, 2.45) is 5.92 Å². The van der Waals surface area contributed by atoms with E-state index < -0.39 is 0 Å². The summed E-state index contributed by atoms with van der Waals surface area (Å²) in [6.45, 7) is 4.42. The standard InChI is InChI=1S/C15H21NO4/c1-2-16-14-11-18-10-13(14)15(17)20-9-8-19-12-6-4-3-5-7-12/h3-7,13-14,16H,2,8-11H2,1H3. The summed E-state index contributed by atoms with van der Waals surface area (Å²) < 4.78 is 16.0. The first kappa shape index (κ1) is 14.8. The van der Waals surface area contributed by atoms with E-state index in [0.717, 1.165) is 12.3 Å². The molecule has 20 heavy (non-hydrogen) atoms. The molecule has 1 fully saturated rings. The summed E-state index contributed by atoms with van der Waals surface area (Å²) in [5.41, 5.74) is 0. The van der Waals surface area contributed by atoms with E-state index in [0.29, 0.717) is 19.8 Å². The predicted molar refractivity (Wildman–Crippen MR) is 74.7 cm³/mol. The molecule has 5 heteroatoms. The lowest BCUT2D eigenvalue weighted by atomic mass is 10.0. The van der Waals surface area contributed by atoms with Crippen LogP contribution in [0.25, 0.3) is 0 Å². The van der Waals surface area contributed by atoms with Gasteiger partial charge in [0.05, 0.1) is 19.1 Å². The number of rotatable bonds is 7. The van der Waals surface area contributed by atoms with Crippen LogP contribution in [0.1, 0.15) is 6.92 Å². The summed E-state index contributed by atoms with van der Waals surface area (Å²) in [6.07, 6.45) is 0. The van der Waals surface area contributed by atoms with Gasteiger partial charge in [-0.1, -0.05) is 25.1 Å². The van der Waals surface area contributed by atoms with Crippen LogP contribution in [0.2, 0.25) is 0 Å². The van der Waals surface area contributed by atoms with Crippen molar-refractivity contribution in [3.05, 3.63) is 30.3 Å². The first-order valence-corrected chi connectivity index (χ1v) is 6.97. The molecule has 110 valence electrons. The zero-order chi connectivity index (χ0) is 14.2. The van der Waals surface area contributed by atoms with Crippen molar-refractivity contribution in [1.82, 2.24) is 5.32 Å². The average Bonchev–Trinajstić information content (AvgIpc) is 2.93. The molecule has 1 aromatic carbocycles. The summed E-state index contributed by atoms with van der Waals surface area (Å²) >= 11 is 0. The Balaban J connectivity index is 1.67. The molecule has 0 bridgehead atoms. The summed E-state index contributed by atoms with van der Waals surface area (Å²) in [7, 11) is 0. The monoisotopic (exact) mass is 279 g/mol. The van der Waals surface area contributed by atoms with Gasteiger partial charge in [-0.2, -0.15) is 0 Å². The first-order valence-electron chi connectivity index (χ1n) is 6.97. The molecule has 2 rings (SSSR count). The Morgan fingerprint density at radius 3 is 2.85 bits per heavy atom. The van der Waals surface area contributed by atoms with E-state index in [1.165, 1.54) is 0 Å². The molecule has 1 aromatic rings. The zero-order valence-electron chi connectivity index (χ0n) is 11.7. The van der Waals surface area contributed by atoms with Crippen LogP contribution in [0.15, 0.2) is 30.3 Å². The third kappa shape index (κ3) is 4.21. The molecule has 0 spiro atoms. The molecule has 0 aliphatic carbocycles. The Kier molecular flexibility index (Phi) is 5.83. The lowest BCUT2D eigenvalue weighted by Gasteiger charge is -2.17. The largest absolute Gasteiger partial charge is 0.490 e. The Hall–Kier alpha value is -1.59. The van der Waals surface area contributed by atoms with Gasteiger partial charge in [0.2, 0.25) is 0 Å². The average molecular weight is 279 g/mol. The number of nitrogens with one attached hydrogen (secondary N) is 1. The SMILES string of the molecule is CCNC1COCC1C(=O)OCCOc1ccccc1. The highest BCUT2D eigenvalue weighted by Gasteiger charge is 2.34. The van der Waals surface area contributed by atoms with Gasteiger partial charge in [0.25, 0.3) is 0 Å². The topological polar surface area (TPSA) is 56.8 Å². The third-order valence-corrected chi connectivity index (χ3v) is 3.19. The van der Waals surface area contributed by atoms with E-state index in [4.69, 9.17) is 14.2 Å². The maximum atomic E-state index is 11.9. The summed E-state index contributed by atoms with van der Waals surface area (Å²) in [5, 5.41) is 3.23. The van der Waals surface area contributed by atoms with Crippen LogP contribution in [0.5, 0.6) is 5.75 Å². The number of benzene rings is 1. The predicted octanol–water partition coefficient (Wildman–Crippen LogP) is 1.23. The molecule has 0 aromatic heterocycles. The van der Waals surface area contributed by atoms with E-state index >= 15 is 0 Å². The zero-order valence-corrected chi connectivity index (χ0v) is 11.7. The number of esters is 1. The van der Waals surface area contributed by atoms with E-state index in [1.54, 1.807) is 0 Å². The van der Waals surface area contributed by atoms with Gasteiger partial charge in [-0.05, 0) is 18.7 Å². The molecule has 2 unspecified atom stereocenters. The van der Waals surface area contributed by atoms with E-state index in [2.05, 4.69) is 5.32 Å². The van der Waals surface area contributed by atoms with E-state index in [9.17, 15) is 4.79 Å². The van der Waals surface area contributed by atoms with Gasteiger partial charge in [-0.25, -0.2) is 0 Å². The van der Waals surface area contributed by atoms with Crippen LogP contribution in [0.4, 0.5) is 0 Å². The molecule has 1 saturated heterocycles. The Labute approximate surface area is 119 Å². The molecule has 1 heterocycles. The highest BCUT2D eigenvalue weighted by atomic mass is 16.6. The van der Waals surface area contributed by atoms with Crippen molar-refractivity contribution in [2.45, 2.75) is 13.0 Å². The number of carbonyl (C=O) groups is 1. The van der Waals surface area contributed by atoms with Crippen molar-refractivity contribution >= 4 is 5.97 Å². The minimum atomic E-state index is -0.217. The van der Waals surface area contributed by atoms with Gasteiger partial charge in [-0.3, -0.25) is 4.79 Å². The second-order valence-electron chi connectivity index (χ2n) is 4.64. The molecule has 2 atom stereocenters. The number of hydrogen-bond acceptors (Lipinski definition) is 5. The van der Waals surface area contributed by atoms with Crippen molar-refractivity contribution in [3.63, 3.8) is 0 Å². The van der Waals surface area contributed by atoms with Gasteiger partial charge >= 0.3 is 5.97 Å². The van der Waals surface area contributed by atoms with Crippen LogP contribution in [-0.2, 0) is 14.3 Å². The van der Waals surface area contributed by atoms with Crippen molar-refractivity contribution in [2.75, 3.05) is 33.0 Å². The molecule has 1 aliphatic heterocycles. The Morgan fingerprint density at radius 2 is 2.10 bits per heavy atom. The molecule has 1 N–H and O–H groups in total. The highest BCUT2D eigenvalue weighted by Crippen LogP contribution is 2.15. The van der Waals surface area contributed by atoms with Crippen LogP contribution in [0, 0.1) is 5.92 Å². The summed E-state index contributed by atoms with van der Waals surface area (Å²) in [6, 6.07) is 9.52. The second-order valence-corrected chi connectivity index (χ2v) is 4.64. The molecule has 1 aliphatic rings. The third-order valence-electron chi connectivity index (χ3n) is 3.19. The van der Waals surface area contributed by atoms with Crippen LogP contribution in [0.3, 0.4) is 0 Å². The number of ether oxygens (including phenoxy) is 3. The fourth-order valence-electron chi connectivity index (χ4n) is 2.18. The minimum Gasteiger partial charge on any atom is -0.490 e. The number of hydrogen-bond donors (Lipinski definition) is 1. The minimum absolute atomic E-state index is 0.0579. The molecule has 0 amide bonds. The molecule has 0 saturated carbocycles. The summed E-state index contributed by atoms with van der Waals surface area (Å²) in [4.78, 5) is 11.9. The van der Waals surface area contributed by atoms with Gasteiger partial charge < -0.3 is 19.5 Å². The smallest absolute Gasteiger partial charge is 0.313 e. The Bertz CT molecular complexity index is 410. The normalized spacial score (nSPS) is 21.6. The van der Waals surface area contributed by atoms with Crippen molar-refractivity contribution in [3.8, 4) is 5.75 Å². The first-order chi connectivity index (χ1) is 9.81. The molecular weight excluding hydrogens is 258 g/mol. The quantitative estimate of drug-likeness (QED) is 0.601. The molecule has 5 nitrogen and oxygen atoms in total. The van der Waals surface area contributed by atoms with Crippen molar-refractivity contribution in [1.29, 1.82) is 0 Å². The lowest BCUT2D eigenvalue weighted by molar-refractivity contribution is -0.149. The van der Waals surface area contributed by atoms with E-state index in [1.807, 2.05) is 37.3 Å². The van der Waals surface area contributed by atoms with Crippen molar-refractivity contribution < 1.29 is 19.0 Å². The number of likely N-dealkylation sites (N-methyl/N-ethyl adjacent to an activating group) is 1. The number of carbonyl (C=O) groups excluding carboxylic acids is 1. The Morgan fingerprint density at radius 1 is 1.30 bits per heavy atom. The lowest BCUT2D eigenvalue weighted by Crippen LogP contribution is -2.40. The summed E-state index contributed by atoms with van der Waals surface area (Å²) in [5.74, 6) is 0.343. The van der Waals surface area contributed by atoms with Gasteiger partial charge in [0.15, 0.2) is 0 Å². The fraction of sp³-hybridized carbons (Fsp3) is 0.533. The maximum absolute atomic E-state index is 11.9. The van der Waals surface area contributed by atoms with Crippen LogP contribution >= 0.6 is 0 Å². The van der Waals surface area contributed by atoms with Gasteiger partial charge in [0.1, 0.15) is 19.0 Å². The van der Waals surface area contributed by atoms with E-state index in [-0.39, 0.29) is 24.5 Å². The fourth-order valence-corrected chi connectivity index (χ4v) is 2.18. The highest BCUT2D eigenvalue weighted by molar-refractivity contribution is 5.73.